The third-order valence-electron chi connectivity index (χ3n) is 6.42. The lowest BCUT2D eigenvalue weighted by Gasteiger charge is -2.25. The third kappa shape index (κ3) is 5.24. The number of nitrogens with zero attached hydrogens (tertiary/aromatic N) is 1. The molecule has 1 aliphatic heterocycles. The van der Waals surface area contributed by atoms with Gasteiger partial charge in [0.05, 0.1) is 5.92 Å². The van der Waals surface area contributed by atoms with Crippen LogP contribution in [0.2, 0.25) is 0 Å². The van der Waals surface area contributed by atoms with Gasteiger partial charge in [0.15, 0.2) is 0 Å². The molecule has 7 heteroatoms. The molecule has 0 aliphatic carbocycles. The molecule has 0 saturated heterocycles. The largest absolute Gasteiger partial charge is 0.344 e. The fourth-order valence-corrected chi connectivity index (χ4v) is 4.52. The number of fused-ring (bicyclic) bond motifs is 1. The monoisotopic (exact) mass is 473 g/mol. The van der Waals surface area contributed by atoms with Crippen LogP contribution in [0.1, 0.15) is 34.6 Å². The van der Waals surface area contributed by atoms with E-state index in [-0.39, 0.29) is 24.7 Å². The average molecular weight is 474 g/mol. The number of aryl methyl sites for hydroxylation is 2. The molecule has 0 aromatic heterocycles. The lowest BCUT2D eigenvalue weighted by atomic mass is 9.91. The molecular weight excluding hydrogens is 445 g/mol. The number of hydrogen-bond acceptors (Lipinski definition) is 3. The first-order chi connectivity index (χ1) is 16.7. The normalized spacial score (nSPS) is 15.2. The van der Waals surface area contributed by atoms with Gasteiger partial charge in [-0.2, -0.15) is 0 Å². The Labute approximate surface area is 204 Å². The van der Waals surface area contributed by atoms with Crippen molar-refractivity contribution in [3.8, 4) is 0 Å². The summed E-state index contributed by atoms with van der Waals surface area (Å²) in [4.78, 5) is 40.6. The molecule has 3 aromatic rings. The van der Waals surface area contributed by atoms with Gasteiger partial charge >= 0.3 is 0 Å². The van der Waals surface area contributed by atoms with E-state index >= 15 is 0 Å². The average Bonchev–Trinajstić information content (AvgIpc) is 3.17. The molecule has 0 saturated carbocycles. The van der Waals surface area contributed by atoms with E-state index in [2.05, 4.69) is 10.6 Å². The minimum Gasteiger partial charge on any atom is -0.344 e. The Balaban J connectivity index is 1.56. The van der Waals surface area contributed by atoms with Gasteiger partial charge in [-0.1, -0.05) is 48.5 Å². The van der Waals surface area contributed by atoms with Crippen LogP contribution >= 0.6 is 0 Å². The Morgan fingerprint density at radius 2 is 1.74 bits per heavy atom. The number of benzene rings is 3. The highest BCUT2D eigenvalue weighted by atomic mass is 19.1. The van der Waals surface area contributed by atoms with Crippen molar-refractivity contribution in [2.24, 2.45) is 0 Å². The quantitative estimate of drug-likeness (QED) is 0.538. The van der Waals surface area contributed by atoms with E-state index in [0.717, 1.165) is 27.9 Å². The van der Waals surface area contributed by atoms with Gasteiger partial charge in [-0.3, -0.25) is 14.4 Å². The van der Waals surface area contributed by atoms with Crippen LogP contribution in [0.15, 0.2) is 66.7 Å². The maximum absolute atomic E-state index is 13.7. The fourth-order valence-electron chi connectivity index (χ4n) is 4.52. The summed E-state index contributed by atoms with van der Waals surface area (Å²) in [6.45, 7) is 3.83. The van der Waals surface area contributed by atoms with Gasteiger partial charge in [0.25, 0.3) is 0 Å². The molecule has 3 amide bonds. The Bertz CT molecular complexity index is 1280. The van der Waals surface area contributed by atoms with Crippen LogP contribution in [-0.2, 0) is 20.8 Å². The van der Waals surface area contributed by atoms with Crippen molar-refractivity contribution in [3.05, 3.63) is 94.8 Å². The molecule has 35 heavy (non-hydrogen) atoms. The molecule has 0 spiro atoms. The summed E-state index contributed by atoms with van der Waals surface area (Å²) in [5.74, 6) is -2.09. The molecule has 2 atom stereocenters. The van der Waals surface area contributed by atoms with Crippen molar-refractivity contribution in [1.82, 2.24) is 5.32 Å². The van der Waals surface area contributed by atoms with Crippen molar-refractivity contribution >= 4 is 29.1 Å². The number of anilines is 2. The smallest absolute Gasteiger partial charge is 0.249 e. The molecular formula is C28H28FN3O3. The molecule has 0 bridgehead atoms. The van der Waals surface area contributed by atoms with Crippen molar-refractivity contribution in [1.29, 1.82) is 0 Å². The molecule has 3 aromatic carbocycles. The number of hydrogen-bond donors (Lipinski definition) is 2. The fraction of sp³-hybridized carbons (Fsp3) is 0.250. The minimum absolute atomic E-state index is 0.0780. The maximum Gasteiger partial charge on any atom is 0.249 e. The van der Waals surface area contributed by atoms with Crippen molar-refractivity contribution in [2.75, 3.05) is 17.3 Å². The first kappa shape index (κ1) is 24.1. The standard InChI is InChI=1S/C28H28FN3O3/c1-17-12-13-18(2)26-25(17)22(27(34)31-26)16-24(33)30-23(14-19-8-5-4-6-9-19)28(35)32(3)21-11-7-10-20(29)15-21/h4-13,15,22-23H,14,16H2,1-3H3,(H,30,33)(H,31,34)/t22?,23-/m0/s1. The zero-order chi connectivity index (χ0) is 25.1. The topological polar surface area (TPSA) is 78.5 Å². The summed E-state index contributed by atoms with van der Waals surface area (Å²) in [6.07, 6.45) is 0.183. The molecule has 4 rings (SSSR count). The number of rotatable bonds is 7. The summed E-state index contributed by atoms with van der Waals surface area (Å²) in [5.41, 5.74) is 4.72. The van der Waals surface area contributed by atoms with E-state index in [0.29, 0.717) is 5.69 Å². The SMILES string of the molecule is Cc1ccc(C)c2c1NC(=O)C2CC(=O)N[C@@H](Cc1ccccc1)C(=O)N(C)c1cccc(F)c1. The second-order valence-corrected chi connectivity index (χ2v) is 8.92. The van der Waals surface area contributed by atoms with Crippen molar-refractivity contribution < 1.29 is 18.8 Å². The highest BCUT2D eigenvalue weighted by Gasteiger charge is 2.35. The first-order valence-corrected chi connectivity index (χ1v) is 11.5. The van der Waals surface area contributed by atoms with E-state index in [1.807, 2.05) is 56.3 Å². The van der Waals surface area contributed by atoms with Crippen LogP contribution in [0, 0.1) is 19.7 Å². The van der Waals surface area contributed by atoms with E-state index in [1.54, 1.807) is 13.1 Å². The molecule has 2 N–H and O–H groups in total. The summed E-state index contributed by atoms with van der Waals surface area (Å²) < 4.78 is 13.7. The van der Waals surface area contributed by atoms with E-state index < -0.39 is 23.7 Å². The number of carbonyl (C=O) groups is 3. The van der Waals surface area contributed by atoms with Crippen LogP contribution in [0.25, 0.3) is 0 Å². The van der Waals surface area contributed by atoms with Gasteiger partial charge in [0.2, 0.25) is 17.7 Å². The number of carbonyl (C=O) groups excluding carboxylic acids is 3. The lowest BCUT2D eigenvalue weighted by molar-refractivity contribution is -0.128. The molecule has 180 valence electrons. The predicted molar refractivity (Wildman–Crippen MR) is 134 cm³/mol. The maximum atomic E-state index is 13.7. The van der Waals surface area contributed by atoms with E-state index in [9.17, 15) is 18.8 Å². The molecule has 6 nitrogen and oxygen atoms in total. The number of nitrogens with one attached hydrogen (secondary N) is 2. The summed E-state index contributed by atoms with van der Waals surface area (Å²) in [6, 6.07) is 18.1. The molecule has 0 radical (unpaired) electrons. The molecule has 1 unspecified atom stereocenters. The number of likely N-dealkylation sites (N-methyl/N-ethyl adjacent to an activating group) is 1. The predicted octanol–water partition coefficient (Wildman–Crippen LogP) is 4.26. The van der Waals surface area contributed by atoms with Gasteiger partial charge in [0, 0.05) is 31.3 Å². The molecule has 1 heterocycles. The molecule has 1 aliphatic rings. The van der Waals surface area contributed by atoms with Gasteiger partial charge in [0.1, 0.15) is 11.9 Å². The Morgan fingerprint density at radius 1 is 1.03 bits per heavy atom. The van der Waals surface area contributed by atoms with Crippen molar-refractivity contribution in [3.63, 3.8) is 0 Å². The summed E-state index contributed by atoms with van der Waals surface area (Å²) in [5, 5.41) is 5.73. The van der Waals surface area contributed by atoms with E-state index in [1.165, 1.54) is 23.1 Å². The highest BCUT2D eigenvalue weighted by molar-refractivity contribution is 6.06. The summed E-state index contributed by atoms with van der Waals surface area (Å²) in [7, 11) is 1.55. The Kier molecular flexibility index (Phi) is 6.96. The number of amides is 3. The van der Waals surface area contributed by atoms with Gasteiger partial charge < -0.3 is 15.5 Å². The van der Waals surface area contributed by atoms with Crippen LogP contribution in [0.5, 0.6) is 0 Å². The van der Waals surface area contributed by atoms with Gasteiger partial charge in [-0.05, 0) is 54.3 Å². The number of halogens is 1. The highest BCUT2D eigenvalue weighted by Crippen LogP contribution is 2.39. The van der Waals surface area contributed by atoms with Crippen molar-refractivity contribution in [2.45, 2.75) is 38.6 Å². The second-order valence-electron chi connectivity index (χ2n) is 8.92. The van der Waals surface area contributed by atoms with Crippen LogP contribution in [0.4, 0.5) is 15.8 Å². The van der Waals surface area contributed by atoms with Crippen LogP contribution in [0.3, 0.4) is 0 Å². The van der Waals surface area contributed by atoms with Crippen LogP contribution < -0.4 is 15.5 Å². The first-order valence-electron chi connectivity index (χ1n) is 11.5. The zero-order valence-corrected chi connectivity index (χ0v) is 20.0. The lowest BCUT2D eigenvalue weighted by Crippen LogP contribution is -2.49. The zero-order valence-electron chi connectivity index (χ0n) is 20.0. The third-order valence-corrected chi connectivity index (χ3v) is 6.42. The Hall–Kier alpha value is -4.00. The Morgan fingerprint density at radius 3 is 2.46 bits per heavy atom. The molecule has 0 fully saturated rings. The second kappa shape index (κ2) is 10.1. The van der Waals surface area contributed by atoms with Gasteiger partial charge in [-0.25, -0.2) is 4.39 Å². The van der Waals surface area contributed by atoms with Gasteiger partial charge in [-0.15, -0.1) is 0 Å². The van der Waals surface area contributed by atoms with Crippen LogP contribution in [-0.4, -0.2) is 30.8 Å². The summed E-state index contributed by atoms with van der Waals surface area (Å²) >= 11 is 0. The minimum atomic E-state index is -0.888. The van der Waals surface area contributed by atoms with E-state index in [4.69, 9.17) is 0 Å².